The quantitative estimate of drug-likeness (QED) is 0.568. The highest BCUT2D eigenvalue weighted by molar-refractivity contribution is 6.35. The van der Waals surface area contributed by atoms with Crippen LogP contribution in [0.5, 0.6) is 0 Å². The lowest BCUT2D eigenvalue weighted by Crippen LogP contribution is -2.21. The molecule has 1 aliphatic carbocycles. The number of aromatic nitrogens is 2. The third-order valence-corrected chi connectivity index (χ3v) is 5.02. The van der Waals surface area contributed by atoms with Crippen molar-refractivity contribution in [2.75, 3.05) is 10.6 Å². The number of para-hydroxylation sites is 1. The molecule has 1 saturated carbocycles. The Bertz CT molecular complexity index is 967. The smallest absolute Gasteiger partial charge is 0.308 e. The Balaban J connectivity index is 1.58. The zero-order valence-electron chi connectivity index (χ0n) is 14.6. The second-order valence-corrected chi connectivity index (χ2v) is 7.63. The highest BCUT2D eigenvalue weighted by Crippen LogP contribution is 2.47. The number of rotatable bonds is 4. The van der Waals surface area contributed by atoms with E-state index in [1.165, 1.54) is 0 Å². The van der Waals surface area contributed by atoms with Crippen LogP contribution in [0.15, 0.2) is 54.6 Å². The summed E-state index contributed by atoms with van der Waals surface area (Å²) in [7, 11) is 0. The third kappa shape index (κ3) is 4.10. The summed E-state index contributed by atoms with van der Waals surface area (Å²) in [4.78, 5) is 12.5. The van der Waals surface area contributed by atoms with E-state index in [1.54, 1.807) is 22.9 Å². The maximum atomic E-state index is 12.5. The molecule has 0 bridgehead atoms. The van der Waals surface area contributed by atoms with Crippen molar-refractivity contribution in [1.29, 1.82) is 0 Å². The summed E-state index contributed by atoms with van der Waals surface area (Å²) in [5.41, 5.74) is 2.40. The second-order valence-electron chi connectivity index (χ2n) is 6.76. The molecule has 2 N–H and O–H groups in total. The molecule has 1 fully saturated rings. The summed E-state index contributed by atoms with van der Waals surface area (Å²) in [6.45, 7) is 2.20. The molecule has 0 saturated heterocycles. The SMILES string of the molecule is CC1CC1c1cc(NC(=O)Nc2cc(Cl)cc(Cl)c2)n(-c2ccccc2)n1. The minimum atomic E-state index is -0.388. The molecule has 2 unspecified atom stereocenters. The maximum Gasteiger partial charge on any atom is 0.324 e. The number of nitrogens with one attached hydrogen (secondary N) is 2. The fraction of sp³-hybridized carbons (Fsp3) is 0.200. The van der Waals surface area contributed by atoms with Crippen molar-refractivity contribution in [3.63, 3.8) is 0 Å². The Morgan fingerprint density at radius 2 is 1.74 bits per heavy atom. The first kappa shape index (κ1) is 17.9. The summed E-state index contributed by atoms with van der Waals surface area (Å²) in [6.07, 6.45) is 1.12. The lowest BCUT2D eigenvalue weighted by atomic mass is 10.2. The topological polar surface area (TPSA) is 59.0 Å². The predicted octanol–water partition coefficient (Wildman–Crippen LogP) is 5.95. The molecule has 0 aliphatic heterocycles. The summed E-state index contributed by atoms with van der Waals surface area (Å²) in [5, 5.41) is 11.3. The number of hydrogen-bond acceptors (Lipinski definition) is 2. The molecule has 138 valence electrons. The van der Waals surface area contributed by atoms with Gasteiger partial charge in [0.05, 0.1) is 11.4 Å². The molecule has 1 heterocycles. The molecular formula is C20H18Cl2N4O. The van der Waals surface area contributed by atoms with Gasteiger partial charge in [0.25, 0.3) is 0 Å². The average molecular weight is 401 g/mol. The summed E-state index contributed by atoms with van der Waals surface area (Å²) < 4.78 is 1.75. The molecule has 1 aromatic heterocycles. The number of urea groups is 1. The molecule has 1 aliphatic rings. The first-order chi connectivity index (χ1) is 13.0. The van der Waals surface area contributed by atoms with E-state index in [9.17, 15) is 4.79 Å². The number of nitrogens with zero attached hydrogens (tertiary/aromatic N) is 2. The molecule has 2 amide bonds. The van der Waals surface area contributed by atoms with Crippen molar-refractivity contribution in [3.8, 4) is 5.69 Å². The van der Waals surface area contributed by atoms with Gasteiger partial charge >= 0.3 is 6.03 Å². The Morgan fingerprint density at radius 3 is 2.37 bits per heavy atom. The number of carbonyl (C=O) groups excluding carboxylic acids is 1. The van der Waals surface area contributed by atoms with E-state index in [0.717, 1.165) is 17.8 Å². The fourth-order valence-corrected chi connectivity index (χ4v) is 3.60. The van der Waals surface area contributed by atoms with Gasteiger partial charge in [0, 0.05) is 27.7 Å². The van der Waals surface area contributed by atoms with Gasteiger partial charge in [-0.05, 0) is 42.7 Å². The van der Waals surface area contributed by atoms with E-state index in [-0.39, 0.29) is 6.03 Å². The van der Waals surface area contributed by atoms with Crippen LogP contribution in [0, 0.1) is 5.92 Å². The fourth-order valence-electron chi connectivity index (χ4n) is 3.07. The Labute approximate surface area is 167 Å². The molecule has 27 heavy (non-hydrogen) atoms. The van der Waals surface area contributed by atoms with Gasteiger partial charge in [-0.1, -0.05) is 48.3 Å². The predicted molar refractivity (Wildman–Crippen MR) is 109 cm³/mol. The van der Waals surface area contributed by atoms with Crippen LogP contribution in [0.1, 0.15) is 25.0 Å². The van der Waals surface area contributed by atoms with Crippen LogP contribution in [0.3, 0.4) is 0 Å². The zero-order valence-corrected chi connectivity index (χ0v) is 16.1. The molecule has 5 nitrogen and oxygen atoms in total. The van der Waals surface area contributed by atoms with Crippen molar-refractivity contribution < 1.29 is 4.79 Å². The normalized spacial score (nSPS) is 18.2. The molecular weight excluding hydrogens is 383 g/mol. The van der Waals surface area contributed by atoms with Crippen molar-refractivity contribution in [3.05, 3.63) is 70.3 Å². The van der Waals surface area contributed by atoms with Crippen LogP contribution in [-0.2, 0) is 0 Å². The van der Waals surface area contributed by atoms with E-state index < -0.39 is 0 Å². The van der Waals surface area contributed by atoms with E-state index in [4.69, 9.17) is 28.3 Å². The van der Waals surface area contributed by atoms with E-state index >= 15 is 0 Å². The number of carbonyl (C=O) groups is 1. The summed E-state index contributed by atoms with van der Waals surface area (Å²) in [5.74, 6) is 1.69. The molecule has 4 rings (SSSR count). The van der Waals surface area contributed by atoms with Crippen LogP contribution < -0.4 is 10.6 Å². The number of benzene rings is 2. The first-order valence-electron chi connectivity index (χ1n) is 8.69. The van der Waals surface area contributed by atoms with Crippen molar-refractivity contribution >= 4 is 40.7 Å². The molecule has 3 aromatic rings. The number of amides is 2. The van der Waals surface area contributed by atoms with Crippen molar-refractivity contribution in [2.24, 2.45) is 5.92 Å². The van der Waals surface area contributed by atoms with Gasteiger partial charge in [-0.15, -0.1) is 0 Å². The molecule has 2 aromatic carbocycles. The average Bonchev–Trinajstić information content (AvgIpc) is 3.20. The van der Waals surface area contributed by atoms with Gasteiger partial charge in [0.1, 0.15) is 5.82 Å². The number of halogens is 2. The highest BCUT2D eigenvalue weighted by Gasteiger charge is 2.36. The number of anilines is 2. The summed E-state index contributed by atoms with van der Waals surface area (Å²) in [6, 6.07) is 16.2. The Morgan fingerprint density at radius 1 is 1.07 bits per heavy atom. The number of hydrogen-bond donors (Lipinski definition) is 2. The van der Waals surface area contributed by atoms with Gasteiger partial charge in [-0.3, -0.25) is 5.32 Å². The second kappa shape index (κ2) is 7.25. The van der Waals surface area contributed by atoms with Gasteiger partial charge < -0.3 is 5.32 Å². The molecule has 2 atom stereocenters. The van der Waals surface area contributed by atoms with E-state index in [2.05, 4.69) is 17.6 Å². The van der Waals surface area contributed by atoms with Crippen LogP contribution in [0.2, 0.25) is 10.0 Å². The van der Waals surface area contributed by atoms with Gasteiger partial charge in [0.2, 0.25) is 0 Å². The largest absolute Gasteiger partial charge is 0.324 e. The van der Waals surface area contributed by atoms with E-state index in [1.807, 2.05) is 36.4 Å². The monoisotopic (exact) mass is 400 g/mol. The highest BCUT2D eigenvalue weighted by atomic mass is 35.5. The van der Waals surface area contributed by atoms with Crippen LogP contribution in [-0.4, -0.2) is 15.8 Å². The lowest BCUT2D eigenvalue weighted by molar-refractivity contribution is 0.262. The Kier molecular flexibility index (Phi) is 4.81. The Hall–Kier alpha value is -2.50. The van der Waals surface area contributed by atoms with Crippen LogP contribution >= 0.6 is 23.2 Å². The minimum absolute atomic E-state index is 0.388. The van der Waals surface area contributed by atoms with Crippen LogP contribution in [0.25, 0.3) is 5.69 Å². The minimum Gasteiger partial charge on any atom is -0.308 e. The first-order valence-corrected chi connectivity index (χ1v) is 9.44. The molecule has 0 spiro atoms. The standard InChI is InChI=1S/C20H18Cl2N4O/c1-12-7-17(12)18-11-19(26(25-18)16-5-3-2-4-6-16)24-20(27)23-15-9-13(21)8-14(22)10-15/h2-6,8-12,17H,7H2,1H3,(H2,23,24,27). The van der Waals surface area contributed by atoms with Gasteiger partial charge in [-0.2, -0.15) is 5.10 Å². The van der Waals surface area contributed by atoms with Crippen molar-refractivity contribution in [2.45, 2.75) is 19.3 Å². The van der Waals surface area contributed by atoms with Gasteiger partial charge in [-0.25, -0.2) is 9.48 Å². The molecule has 0 radical (unpaired) electrons. The zero-order chi connectivity index (χ0) is 19.0. The van der Waals surface area contributed by atoms with E-state index in [0.29, 0.717) is 33.4 Å². The molecule has 7 heteroatoms. The van der Waals surface area contributed by atoms with Crippen LogP contribution in [0.4, 0.5) is 16.3 Å². The maximum absolute atomic E-state index is 12.5. The summed E-state index contributed by atoms with van der Waals surface area (Å²) >= 11 is 12.0. The van der Waals surface area contributed by atoms with Crippen molar-refractivity contribution in [1.82, 2.24) is 9.78 Å². The van der Waals surface area contributed by atoms with Gasteiger partial charge in [0.15, 0.2) is 0 Å². The third-order valence-electron chi connectivity index (χ3n) is 4.58. The lowest BCUT2D eigenvalue weighted by Gasteiger charge is -2.10.